The number of aromatic amines is 1. The number of anilines is 2. The topological polar surface area (TPSA) is 113 Å². The van der Waals surface area contributed by atoms with Crippen molar-refractivity contribution in [1.29, 1.82) is 0 Å². The number of H-pyrrole nitrogens is 1. The largest absolute Gasteiger partial charge is 0.363 e. The smallest absolute Gasteiger partial charge is 0.263 e. The molecule has 154 valence electrons. The highest BCUT2D eigenvalue weighted by Crippen LogP contribution is 2.21. The summed E-state index contributed by atoms with van der Waals surface area (Å²) in [5.74, 6) is -0.178. The Balaban J connectivity index is 1.41. The second-order valence-electron chi connectivity index (χ2n) is 6.08. The highest BCUT2D eigenvalue weighted by Gasteiger charge is 2.16. The predicted molar refractivity (Wildman–Crippen MR) is 108 cm³/mol. The number of rotatable bonds is 7. The zero-order chi connectivity index (χ0) is 21.1. The molecule has 0 unspecified atom stereocenters. The van der Waals surface area contributed by atoms with Crippen molar-refractivity contribution in [1.82, 2.24) is 20.2 Å². The van der Waals surface area contributed by atoms with Gasteiger partial charge in [-0.3, -0.25) is 9.82 Å². The Bertz CT molecular complexity index is 1240. The fourth-order valence-electron chi connectivity index (χ4n) is 2.54. The van der Waals surface area contributed by atoms with Crippen LogP contribution in [0.15, 0.2) is 58.9 Å². The molecule has 8 nitrogen and oxygen atoms in total. The van der Waals surface area contributed by atoms with E-state index in [9.17, 15) is 17.2 Å². The van der Waals surface area contributed by atoms with Gasteiger partial charge in [-0.15, -0.1) is 11.3 Å². The van der Waals surface area contributed by atoms with Gasteiger partial charge in [0, 0.05) is 12.3 Å². The van der Waals surface area contributed by atoms with Crippen LogP contribution in [0, 0.1) is 11.6 Å². The third-order valence-electron chi connectivity index (χ3n) is 3.87. The van der Waals surface area contributed by atoms with Crippen molar-refractivity contribution in [2.24, 2.45) is 0 Å². The van der Waals surface area contributed by atoms with Gasteiger partial charge in [-0.1, -0.05) is 6.07 Å². The molecule has 0 bridgehead atoms. The van der Waals surface area contributed by atoms with Crippen LogP contribution in [0.5, 0.6) is 0 Å². The maximum atomic E-state index is 13.3. The molecule has 0 aliphatic carbocycles. The van der Waals surface area contributed by atoms with Gasteiger partial charge in [-0.25, -0.2) is 27.2 Å². The quantitative estimate of drug-likeness (QED) is 0.398. The zero-order valence-electron chi connectivity index (χ0n) is 15.1. The first-order valence-corrected chi connectivity index (χ1v) is 10.9. The Morgan fingerprint density at radius 2 is 1.90 bits per heavy atom. The summed E-state index contributed by atoms with van der Waals surface area (Å²) < 4.78 is 53.4. The van der Waals surface area contributed by atoms with E-state index in [1.807, 2.05) is 17.5 Å². The maximum Gasteiger partial charge on any atom is 0.263 e. The van der Waals surface area contributed by atoms with E-state index in [0.29, 0.717) is 30.1 Å². The van der Waals surface area contributed by atoms with Gasteiger partial charge in [-0.05, 0) is 35.7 Å². The number of nitrogens with zero attached hydrogens (tertiary/aromatic N) is 3. The van der Waals surface area contributed by atoms with Gasteiger partial charge in [0.05, 0.1) is 17.1 Å². The third-order valence-corrected chi connectivity index (χ3v) is 6.10. The van der Waals surface area contributed by atoms with Crippen molar-refractivity contribution in [2.75, 3.05) is 10.0 Å². The molecule has 0 aliphatic heterocycles. The molecule has 4 rings (SSSR count). The molecule has 0 fully saturated rings. The zero-order valence-corrected chi connectivity index (χ0v) is 16.8. The van der Waals surface area contributed by atoms with Crippen molar-refractivity contribution in [3.8, 4) is 10.7 Å². The van der Waals surface area contributed by atoms with E-state index in [1.54, 1.807) is 0 Å². The molecule has 4 aromatic rings. The molecule has 0 saturated carbocycles. The second-order valence-corrected chi connectivity index (χ2v) is 8.71. The fourth-order valence-corrected chi connectivity index (χ4v) is 4.18. The Kier molecular flexibility index (Phi) is 5.42. The van der Waals surface area contributed by atoms with Crippen LogP contribution >= 0.6 is 11.3 Å². The van der Waals surface area contributed by atoms with Crippen molar-refractivity contribution in [2.45, 2.75) is 11.4 Å². The van der Waals surface area contributed by atoms with Crippen LogP contribution < -0.4 is 10.0 Å². The average Bonchev–Trinajstić information content (AvgIpc) is 3.37. The number of halogens is 2. The summed E-state index contributed by atoms with van der Waals surface area (Å²) in [4.78, 5) is 9.21. The van der Waals surface area contributed by atoms with Gasteiger partial charge >= 0.3 is 0 Å². The van der Waals surface area contributed by atoms with Gasteiger partial charge in [-0.2, -0.15) is 5.10 Å². The molecule has 12 heteroatoms. The van der Waals surface area contributed by atoms with Crippen molar-refractivity contribution in [3.05, 3.63) is 71.5 Å². The fraction of sp³-hybridized carbons (Fsp3) is 0.0556. The number of aromatic nitrogens is 4. The summed E-state index contributed by atoms with van der Waals surface area (Å²) in [7, 11) is -4.05. The minimum atomic E-state index is -4.05. The van der Waals surface area contributed by atoms with Crippen LogP contribution in [0.4, 0.5) is 20.3 Å². The first-order chi connectivity index (χ1) is 14.4. The van der Waals surface area contributed by atoms with Crippen LogP contribution in [-0.4, -0.2) is 28.6 Å². The second kappa shape index (κ2) is 8.16. The standard InChI is InChI=1S/C18H14F2N6O2S2/c19-11-6-12(20)8-13(7-11)26-30(27,28)14-3-4-16(21-9-14)22-10-17-23-18(25-24-17)15-2-1-5-29-15/h1-9,26H,10H2,(H,21,22)(H,23,24,25). The highest BCUT2D eigenvalue weighted by atomic mass is 32.2. The molecule has 30 heavy (non-hydrogen) atoms. The highest BCUT2D eigenvalue weighted by molar-refractivity contribution is 7.92. The summed E-state index contributed by atoms with van der Waals surface area (Å²) in [6.07, 6.45) is 1.14. The van der Waals surface area contributed by atoms with Gasteiger partial charge in [0.25, 0.3) is 10.0 Å². The Morgan fingerprint density at radius 3 is 2.57 bits per heavy atom. The number of thiophene rings is 1. The number of hydrogen-bond acceptors (Lipinski definition) is 7. The number of benzene rings is 1. The van der Waals surface area contributed by atoms with E-state index in [-0.39, 0.29) is 10.6 Å². The van der Waals surface area contributed by atoms with Gasteiger partial charge in [0.1, 0.15) is 28.2 Å². The molecule has 3 N–H and O–H groups in total. The van der Waals surface area contributed by atoms with E-state index in [1.165, 1.54) is 23.5 Å². The lowest BCUT2D eigenvalue weighted by Crippen LogP contribution is -2.14. The Hall–Kier alpha value is -3.38. The maximum absolute atomic E-state index is 13.3. The van der Waals surface area contributed by atoms with Gasteiger partial charge in [0.15, 0.2) is 5.82 Å². The van der Waals surface area contributed by atoms with E-state index in [4.69, 9.17) is 0 Å². The minimum absolute atomic E-state index is 0.155. The van der Waals surface area contributed by atoms with E-state index < -0.39 is 21.7 Å². The van der Waals surface area contributed by atoms with Crippen molar-refractivity contribution < 1.29 is 17.2 Å². The van der Waals surface area contributed by atoms with Crippen LogP contribution in [0.3, 0.4) is 0 Å². The van der Waals surface area contributed by atoms with Crippen LogP contribution in [0.2, 0.25) is 0 Å². The monoisotopic (exact) mass is 448 g/mol. The van der Waals surface area contributed by atoms with Crippen molar-refractivity contribution in [3.63, 3.8) is 0 Å². The van der Waals surface area contributed by atoms with Gasteiger partial charge < -0.3 is 5.32 Å². The first-order valence-electron chi connectivity index (χ1n) is 8.53. The molecular weight excluding hydrogens is 434 g/mol. The van der Waals surface area contributed by atoms with E-state index in [2.05, 4.69) is 30.2 Å². The summed E-state index contributed by atoms with van der Waals surface area (Å²) in [6, 6.07) is 9.03. The normalized spacial score (nSPS) is 11.4. The summed E-state index contributed by atoms with van der Waals surface area (Å²) in [6.45, 7) is 0.304. The van der Waals surface area contributed by atoms with Gasteiger partial charge in [0.2, 0.25) is 0 Å². The van der Waals surface area contributed by atoms with E-state index >= 15 is 0 Å². The lowest BCUT2D eigenvalue weighted by Gasteiger charge is -2.09. The van der Waals surface area contributed by atoms with E-state index in [0.717, 1.165) is 23.2 Å². The first kappa shape index (κ1) is 19.9. The Labute approximate surface area is 174 Å². The number of pyridine rings is 1. The number of hydrogen-bond donors (Lipinski definition) is 3. The minimum Gasteiger partial charge on any atom is -0.363 e. The van der Waals surface area contributed by atoms with Crippen LogP contribution in [0.25, 0.3) is 10.7 Å². The van der Waals surface area contributed by atoms with Crippen LogP contribution in [-0.2, 0) is 16.6 Å². The number of sulfonamides is 1. The lowest BCUT2D eigenvalue weighted by molar-refractivity contribution is 0.584. The van der Waals surface area contributed by atoms with Crippen molar-refractivity contribution >= 4 is 32.9 Å². The molecule has 0 spiro atoms. The summed E-state index contributed by atoms with van der Waals surface area (Å²) in [5.41, 5.74) is -0.221. The van der Waals surface area contributed by atoms with Crippen LogP contribution in [0.1, 0.15) is 5.82 Å². The molecule has 3 aromatic heterocycles. The lowest BCUT2D eigenvalue weighted by atomic mass is 10.3. The molecule has 3 heterocycles. The molecule has 0 aliphatic rings. The molecule has 0 amide bonds. The summed E-state index contributed by atoms with van der Waals surface area (Å²) in [5, 5.41) is 11.9. The third kappa shape index (κ3) is 4.60. The molecule has 0 radical (unpaired) electrons. The molecule has 0 atom stereocenters. The average molecular weight is 448 g/mol. The SMILES string of the molecule is O=S(=O)(Nc1cc(F)cc(F)c1)c1ccc(NCc2nc(-c3cccs3)n[nH]2)nc1. The molecular formula is C18H14F2N6O2S2. The summed E-state index contributed by atoms with van der Waals surface area (Å²) >= 11 is 1.53. The predicted octanol–water partition coefficient (Wildman–Crippen LogP) is 3.62. The number of nitrogens with one attached hydrogen (secondary N) is 3. The molecule has 1 aromatic carbocycles. The molecule has 0 saturated heterocycles. The Morgan fingerprint density at radius 1 is 1.10 bits per heavy atom.